The van der Waals surface area contributed by atoms with Crippen molar-refractivity contribution in [2.24, 2.45) is 5.92 Å². The number of hydrogen-bond donors (Lipinski definition) is 2. The maximum absolute atomic E-state index is 12.4. The van der Waals surface area contributed by atoms with Crippen molar-refractivity contribution >= 4 is 5.78 Å². The summed E-state index contributed by atoms with van der Waals surface area (Å²) in [6.45, 7) is 0.933. The molecular formula is C16H17NO3. The molecule has 1 spiro atoms. The van der Waals surface area contributed by atoms with Gasteiger partial charge in [-0.15, -0.1) is 0 Å². The minimum Gasteiger partial charge on any atom is -0.504 e. The van der Waals surface area contributed by atoms with Gasteiger partial charge in [-0.25, -0.2) is 0 Å². The SMILES string of the molecule is O=C1CCC2[C@@H]3Cc4ccc(O)c5c4[C@]2(CCN3)[C@@H]1O5. The van der Waals surface area contributed by atoms with Gasteiger partial charge in [0.25, 0.3) is 0 Å². The first-order chi connectivity index (χ1) is 9.72. The van der Waals surface area contributed by atoms with Crippen LogP contribution < -0.4 is 10.1 Å². The number of ketones is 1. The summed E-state index contributed by atoms with van der Waals surface area (Å²) in [6, 6.07) is 4.17. The monoisotopic (exact) mass is 271 g/mol. The van der Waals surface area contributed by atoms with E-state index in [0.717, 1.165) is 31.4 Å². The number of ether oxygens (including phenoxy) is 1. The molecule has 0 amide bonds. The lowest BCUT2D eigenvalue weighted by Gasteiger charge is -2.54. The Hall–Kier alpha value is -1.55. The average molecular weight is 271 g/mol. The third-order valence-corrected chi connectivity index (χ3v) is 5.92. The number of Topliss-reactive ketones (excluding diaryl/α,β-unsaturated/α-hetero) is 1. The molecule has 2 heterocycles. The molecule has 2 aliphatic heterocycles. The van der Waals surface area contributed by atoms with Crippen molar-refractivity contribution in [3.63, 3.8) is 0 Å². The molecule has 2 N–H and O–H groups in total. The van der Waals surface area contributed by atoms with Crippen LogP contribution in [-0.2, 0) is 16.6 Å². The van der Waals surface area contributed by atoms with Crippen molar-refractivity contribution in [2.45, 2.75) is 43.2 Å². The highest BCUT2D eigenvalue weighted by Crippen LogP contribution is 2.61. The fourth-order valence-electron chi connectivity index (χ4n) is 5.25. The minimum absolute atomic E-state index is 0.174. The van der Waals surface area contributed by atoms with E-state index in [1.54, 1.807) is 6.07 Å². The molecule has 1 aromatic rings. The zero-order valence-corrected chi connectivity index (χ0v) is 11.2. The van der Waals surface area contributed by atoms with E-state index in [9.17, 15) is 9.90 Å². The van der Waals surface area contributed by atoms with Gasteiger partial charge in [-0.1, -0.05) is 6.07 Å². The van der Waals surface area contributed by atoms with Crippen LogP contribution in [0.25, 0.3) is 0 Å². The van der Waals surface area contributed by atoms with Gasteiger partial charge in [-0.2, -0.15) is 0 Å². The van der Waals surface area contributed by atoms with Gasteiger partial charge in [0, 0.05) is 23.4 Å². The Balaban J connectivity index is 1.85. The highest BCUT2D eigenvalue weighted by molar-refractivity contribution is 5.89. The van der Waals surface area contributed by atoms with Gasteiger partial charge in [0.2, 0.25) is 0 Å². The molecule has 5 rings (SSSR count). The first-order valence-corrected chi connectivity index (χ1v) is 7.50. The summed E-state index contributed by atoms with van der Waals surface area (Å²) in [5.74, 6) is 1.46. The van der Waals surface area contributed by atoms with Crippen molar-refractivity contribution in [3.8, 4) is 11.5 Å². The molecule has 0 aromatic heterocycles. The Morgan fingerprint density at radius 1 is 1.40 bits per heavy atom. The molecule has 104 valence electrons. The van der Waals surface area contributed by atoms with Crippen molar-refractivity contribution in [2.75, 3.05) is 6.54 Å². The summed E-state index contributed by atoms with van der Waals surface area (Å²) in [7, 11) is 0. The van der Waals surface area contributed by atoms with Crippen LogP contribution in [0.15, 0.2) is 12.1 Å². The lowest BCUT2D eigenvalue weighted by Crippen LogP contribution is -2.65. The predicted molar refractivity (Wildman–Crippen MR) is 72.0 cm³/mol. The van der Waals surface area contributed by atoms with E-state index in [0.29, 0.717) is 24.1 Å². The molecule has 20 heavy (non-hydrogen) atoms. The summed E-state index contributed by atoms with van der Waals surface area (Å²) in [4.78, 5) is 12.4. The molecule has 1 saturated carbocycles. The number of carbonyl (C=O) groups excluding carboxylic acids is 1. The maximum atomic E-state index is 12.4. The standard InChI is InChI=1S/C16H17NO3/c18-11-3-1-8-7-10-9-2-4-12(19)15-16(9,5-6-17-10)13(8)14(11)20-15/h1,3,9-10,15,17-18H,2,4-7H2/t9?,10-,15+,16+/m0/s1. The molecule has 4 nitrogen and oxygen atoms in total. The Kier molecular flexibility index (Phi) is 1.88. The summed E-state index contributed by atoms with van der Waals surface area (Å²) in [5.41, 5.74) is 2.23. The second-order valence-electron chi connectivity index (χ2n) is 6.61. The number of nitrogens with one attached hydrogen (secondary N) is 1. The number of phenolic OH excluding ortho intramolecular Hbond substituents is 1. The van der Waals surface area contributed by atoms with Crippen LogP contribution >= 0.6 is 0 Å². The molecule has 1 unspecified atom stereocenters. The molecule has 4 aliphatic rings. The van der Waals surface area contributed by atoms with E-state index in [4.69, 9.17) is 4.74 Å². The molecule has 1 saturated heterocycles. The second kappa shape index (κ2) is 3.37. The quantitative estimate of drug-likeness (QED) is 0.746. The van der Waals surface area contributed by atoms with E-state index < -0.39 is 0 Å². The van der Waals surface area contributed by atoms with Gasteiger partial charge in [-0.3, -0.25) is 4.79 Å². The summed E-state index contributed by atoms with van der Waals surface area (Å²) >= 11 is 0. The van der Waals surface area contributed by atoms with Gasteiger partial charge >= 0.3 is 0 Å². The predicted octanol–water partition coefficient (Wildman–Crippen LogP) is 1.29. The average Bonchev–Trinajstić information content (AvgIpc) is 2.78. The van der Waals surface area contributed by atoms with E-state index in [1.807, 2.05) is 6.07 Å². The molecule has 0 radical (unpaired) electrons. The van der Waals surface area contributed by atoms with Crippen LogP contribution in [0.1, 0.15) is 30.4 Å². The lowest BCUT2D eigenvalue weighted by atomic mass is 9.52. The molecule has 4 heteroatoms. The number of rotatable bonds is 0. The fourth-order valence-corrected chi connectivity index (χ4v) is 5.25. The normalized spacial score (nSPS) is 40.2. The van der Waals surface area contributed by atoms with Crippen LogP contribution in [0.5, 0.6) is 11.5 Å². The Labute approximate surface area is 117 Å². The van der Waals surface area contributed by atoms with Gasteiger partial charge in [0.15, 0.2) is 23.4 Å². The molecule has 2 aliphatic carbocycles. The molecule has 1 aromatic carbocycles. The minimum atomic E-state index is -0.367. The smallest absolute Gasteiger partial charge is 0.174 e. The number of piperidine rings is 1. The lowest BCUT2D eigenvalue weighted by molar-refractivity contribution is -0.135. The fraction of sp³-hybridized carbons (Fsp3) is 0.562. The van der Waals surface area contributed by atoms with Crippen molar-refractivity contribution in [1.29, 1.82) is 0 Å². The Bertz CT molecular complexity index is 641. The second-order valence-corrected chi connectivity index (χ2v) is 6.61. The van der Waals surface area contributed by atoms with Gasteiger partial charge in [0.1, 0.15) is 0 Å². The summed E-state index contributed by atoms with van der Waals surface area (Å²) in [5, 5.41) is 13.8. The number of aromatic hydroxyl groups is 1. The summed E-state index contributed by atoms with van der Waals surface area (Å²) in [6.07, 6.45) is 3.12. The van der Waals surface area contributed by atoms with Crippen LogP contribution in [0.2, 0.25) is 0 Å². The number of carbonyl (C=O) groups is 1. The van der Waals surface area contributed by atoms with Crippen LogP contribution in [0.4, 0.5) is 0 Å². The maximum Gasteiger partial charge on any atom is 0.174 e. The Morgan fingerprint density at radius 2 is 2.30 bits per heavy atom. The van der Waals surface area contributed by atoms with E-state index in [1.165, 1.54) is 5.56 Å². The molecule has 4 atom stereocenters. The van der Waals surface area contributed by atoms with Crippen LogP contribution in [-0.4, -0.2) is 29.6 Å². The topological polar surface area (TPSA) is 58.6 Å². The Morgan fingerprint density at radius 3 is 3.20 bits per heavy atom. The first kappa shape index (κ1) is 11.1. The number of hydrogen-bond acceptors (Lipinski definition) is 4. The van der Waals surface area contributed by atoms with Gasteiger partial charge in [-0.05, 0) is 43.4 Å². The molecule has 2 bridgehead atoms. The third kappa shape index (κ3) is 1.04. The van der Waals surface area contributed by atoms with E-state index >= 15 is 0 Å². The van der Waals surface area contributed by atoms with E-state index in [-0.39, 0.29) is 23.1 Å². The van der Waals surface area contributed by atoms with Gasteiger partial charge < -0.3 is 15.2 Å². The van der Waals surface area contributed by atoms with Crippen molar-refractivity contribution in [3.05, 3.63) is 23.3 Å². The highest BCUT2D eigenvalue weighted by Gasteiger charge is 2.64. The van der Waals surface area contributed by atoms with Crippen molar-refractivity contribution < 1.29 is 14.6 Å². The van der Waals surface area contributed by atoms with E-state index in [2.05, 4.69) is 5.32 Å². The number of phenols is 1. The van der Waals surface area contributed by atoms with Crippen LogP contribution in [0, 0.1) is 5.92 Å². The highest BCUT2D eigenvalue weighted by atomic mass is 16.5. The van der Waals surface area contributed by atoms with Crippen LogP contribution in [0.3, 0.4) is 0 Å². The zero-order chi connectivity index (χ0) is 13.5. The zero-order valence-electron chi connectivity index (χ0n) is 11.2. The largest absolute Gasteiger partial charge is 0.504 e. The van der Waals surface area contributed by atoms with Crippen molar-refractivity contribution in [1.82, 2.24) is 5.32 Å². The molecular weight excluding hydrogens is 254 g/mol. The number of benzene rings is 1. The summed E-state index contributed by atoms with van der Waals surface area (Å²) < 4.78 is 5.99. The first-order valence-electron chi connectivity index (χ1n) is 7.50. The van der Waals surface area contributed by atoms with Gasteiger partial charge in [0.05, 0.1) is 0 Å². The third-order valence-electron chi connectivity index (χ3n) is 5.92. The molecule has 2 fully saturated rings.